The number of nitro benzene ring substituents is 1. The van der Waals surface area contributed by atoms with Gasteiger partial charge in [0.25, 0.3) is 5.91 Å². The average Bonchev–Trinajstić information content (AvgIpc) is 2.82. The lowest BCUT2D eigenvalue weighted by atomic mass is 9.89. The summed E-state index contributed by atoms with van der Waals surface area (Å²) < 4.78 is 20.6. The van der Waals surface area contributed by atoms with Gasteiger partial charge in [-0.1, -0.05) is 0 Å². The third-order valence-electron chi connectivity index (χ3n) is 5.47. The fraction of sp³-hybridized carbons (Fsp3) is 0.364. The Morgan fingerprint density at radius 1 is 1.03 bits per heavy atom. The van der Waals surface area contributed by atoms with E-state index in [9.17, 15) is 19.7 Å². The van der Waals surface area contributed by atoms with Gasteiger partial charge < -0.3 is 23.8 Å². The van der Waals surface area contributed by atoms with Gasteiger partial charge in [-0.15, -0.1) is 0 Å². The number of fused-ring (bicyclic) bond motifs is 1. The van der Waals surface area contributed by atoms with Crippen LogP contribution in [0.4, 0.5) is 5.69 Å². The zero-order chi connectivity index (χ0) is 23.4. The van der Waals surface area contributed by atoms with Gasteiger partial charge in [0, 0.05) is 18.2 Å². The first-order valence-corrected chi connectivity index (χ1v) is 9.79. The van der Waals surface area contributed by atoms with E-state index in [1.807, 2.05) is 6.07 Å². The lowest BCUT2D eigenvalue weighted by molar-refractivity contribution is -0.385. The molecule has 10 heteroatoms. The molecular weight excluding hydrogens is 420 g/mol. The summed E-state index contributed by atoms with van der Waals surface area (Å²) in [5.41, 5.74) is 1.46. The number of nitro groups is 1. The number of ether oxygens (including phenoxy) is 4. The van der Waals surface area contributed by atoms with E-state index >= 15 is 0 Å². The van der Waals surface area contributed by atoms with Gasteiger partial charge in [-0.3, -0.25) is 19.7 Å². The van der Waals surface area contributed by atoms with Gasteiger partial charge in [0.2, 0.25) is 0 Å². The molecule has 0 N–H and O–H groups in total. The first-order chi connectivity index (χ1) is 15.3. The first kappa shape index (κ1) is 22.9. The van der Waals surface area contributed by atoms with Crippen LogP contribution in [0.2, 0.25) is 0 Å². The molecule has 0 bridgehead atoms. The monoisotopic (exact) mass is 444 g/mol. The van der Waals surface area contributed by atoms with Gasteiger partial charge in [0.1, 0.15) is 0 Å². The van der Waals surface area contributed by atoms with E-state index < -0.39 is 22.8 Å². The SMILES string of the molecule is COC(=O)C[C@H]1c2cc(OC)c(OC)cc2CCN1C(=O)c1ccc(OC)c([N+](=O)[O-])c1. The van der Waals surface area contributed by atoms with Crippen LogP contribution in [0.25, 0.3) is 0 Å². The minimum atomic E-state index is -0.639. The smallest absolute Gasteiger partial charge is 0.311 e. The summed E-state index contributed by atoms with van der Waals surface area (Å²) in [7, 11) is 5.63. The van der Waals surface area contributed by atoms with Gasteiger partial charge in [-0.2, -0.15) is 0 Å². The average molecular weight is 444 g/mol. The molecule has 1 amide bonds. The Morgan fingerprint density at radius 3 is 2.28 bits per heavy atom. The summed E-state index contributed by atoms with van der Waals surface area (Å²) >= 11 is 0. The third-order valence-corrected chi connectivity index (χ3v) is 5.47. The number of esters is 1. The number of benzene rings is 2. The number of hydrogen-bond donors (Lipinski definition) is 0. The van der Waals surface area contributed by atoms with E-state index in [0.29, 0.717) is 24.5 Å². The number of amides is 1. The Morgan fingerprint density at radius 2 is 1.69 bits per heavy atom. The fourth-order valence-corrected chi connectivity index (χ4v) is 3.86. The van der Waals surface area contributed by atoms with Crippen molar-refractivity contribution in [3.05, 3.63) is 57.1 Å². The fourth-order valence-electron chi connectivity index (χ4n) is 3.86. The zero-order valence-corrected chi connectivity index (χ0v) is 18.2. The van der Waals surface area contributed by atoms with Crippen molar-refractivity contribution in [3.63, 3.8) is 0 Å². The van der Waals surface area contributed by atoms with Crippen molar-refractivity contribution >= 4 is 17.6 Å². The highest BCUT2D eigenvalue weighted by Gasteiger charge is 2.35. The molecule has 32 heavy (non-hydrogen) atoms. The second-order valence-electron chi connectivity index (χ2n) is 7.09. The summed E-state index contributed by atoms with van der Waals surface area (Å²) in [6, 6.07) is 6.97. The van der Waals surface area contributed by atoms with Crippen molar-refractivity contribution in [2.45, 2.75) is 18.9 Å². The number of hydrogen-bond acceptors (Lipinski definition) is 8. The predicted octanol–water partition coefficient (Wildman–Crippen LogP) is 2.92. The molecule has 2 aromatic carbocycles. The molecular formula is C22H24N2O8. The number of carbonyl (C=O) groups is 2. The molecule has 1 aliphatic rings. The Bertz CT molecular complexity index is 1050. The molecule has 1 aliphatic heterocycles. The van der Waals surface area contributed by atoms with Crippen LogP contribution in [0.3, 0.4) is 0 Å². The maximum atomic E-state index is 13.4. The molecule has 0 unspecified atom stereocenters. The van der Waals surface area contributed by atoms with Crippen molar-refractivity contribution in [3.8, 4) is 17.2 Å². The number of rotatable bonds is 7. The van der Waals surface area contributed by atoms with Crippen molar-refractivity contribution in [2.75, 3.05) is 35.0 Å². The van der Waals surface area contributed by atoms with E-state index in [4.69, 9.17) is 18.9 Å². The van der Waals surface area contributed by atoms with Gasteiger partial charge in [-0.05, 0) is 41.8 Å². The van der Waals surface area contributed by atoms with Gasteiger partial charge in [-0.25, -0.2) is 0 Å². The molecule has 0 saturated heterocycles. The molecule has 0 spiro atoms. The summed E-state index contributed by atoms with van der Waals surface area (Å²) in [5, 5.41) is 11.4. The summed E-state index contributed by atoms with van der Waals surface area (Å²) in [6.07, 6.45) is 0.431. The minimum absolute atomic E-state index is 0.0541. The van der Waals surface area contributed by atoms with Crippen LogP contribution in [0.15, 0.2) is 30.3 Å². The van der Waals surface area contributed by atoms with Crippen LogP contribution in [0, 0.1) is 10.1 Å². The van der Waals surface area contributed by atoms with E-state index in [1.54, 1.807) is 6.07 Å². The lowest BCUT2D eigenvalue weighted by Gasteiger charge is -2.37. The minimum Gasteiger partial charge on any atom is -0.493 e. The van der Waals surface area contributed by atoms with Crippen molar-refractivity contribution in [1.82, 2.24) is 4.90 Å². The molecule has 2 aromatic rings. The summed E-state index contributed by atoms with van der Waals surface area (Å²) in [6.45, 7) is 0.308. The van der Waals surface area contributed by atoms with Crippen LogP contribution in [0.5, 0.6) is 17.2 Å². The standard InChI is InChI=1S/C22H24N2O8/c1-29-18-6-5-14(9-17(18)24(27)28)22(26)23-8-7-13-10-19(30-2)20(31-3)11-15(13)16(23)12-21(25)32-4/h5-6,9-11,16H,7-8,12H2,1-4H3/t16-/m0/s1. The maximum absolute atomic E-state index is 13.4. The molecule has 0 radical (unpaired) electrons. The molecule has 10 nitrogen and oxygen atoms in total. The van der Waals surface area contributed by atoms with Gasteiger partial charge >= 0.3 is 11.7 Å². The van der Waals surface area contributed by atoms with Crippen LogP contribution in [-0.4, -0.2) is 56.7 Å². The quantitative estimate of drug-likeness (QED) is 0.363. The number of carbonyl (C=O) groups excluding carboxylic acids is 2. The highest BCUT2D eigenvalue weighted by molar-refractivity contribution is 5.96. The van der Waals surface area contributed by atoms with Crippen LogP contribution >= 0.6 is 0 Å². The molecule has 1 heterocycles. The molecule has 0 aromatic heterocycles. The summed E-state index contributed by atoms with van der Waals surface area (Å²) in [4.78, 5) is 37.9. The highest BCUT2D eigenvalue weighted by Crippen LogP contribution is 2.40. The first-order valence-electron chi connectivity index (χ1n) is 9.79. The van der Waals surface area contributed by atoms with E-state index in [1.165, 1.54) is 51.5 Å². The molecule has 0 saturated carbocycles. The van der Waals surface area contributed by atoms with Gasteiger partial charge in [0.15, 0.2) is 17.2 Å². The van der Waals surface area contributed by atoms with Gasteiger partial charge in [0.05, 0.1) is 45.8 Å². The molecule has 0 fully saturated rings. The number of nitrogens with zero attached hydrogens (tertiary/aromatic N) is 2. The summed E-state index contributed by atoms with van der Waals surface area (Å²) in [5.74, 6) is 0.142. The molecule has 170 valence electrons. The number of methoxy groups -OCH3 is 4. The predicted molar refractivity (Wildman–Crippen MR) is 113 cm³/mol. The maximum Gasteiger partial charge on any atom is 0.311 e. The second-order valence-corrected chi connectivity index (χ2v) is 7.09. The van der Waals surface area contributed by atoms with E-state index in [-0.39, 0.29) is 23.4 Å². The van der Waals surface area contributed by atoms with Crippen molar-refractivity contribution in [2.24, 2.45) is 0 Å². The molecule has 3 rings (SSSR count). The van der Waals surface area contributed by atoms with Crippen molar-refractivity contribution in [1.29, 1.82) is 0 Å². The highest BCUT2D eigenvalue weighted by atomic mass is 16.6. The topological polar surface area (TPSA) is 117 Å². The largest absolute Gasteiger partial charge is 0.493 e. The van der Waals surface area contributed by atoms with Crippen LogP contribution in [0.1, 0.15) is 33.9 Å². The van der Waals surface area contributed by atoms with E-state index in [0.717, 1.165) is 11.1 Å². The van der Waals surface area contributed by atoms with E-state index in [2.05, 4.69) is 0 Å². The normalized spacial score (nSPS) is 14.9. The third kappa shape index (κ3) is 4.29. The Hall–Kier alpha value is -3.82. The second kappa shape index (κ2) is 9.54. The Balaban J connectivity index is 2.06. The van der Waals surface area contributed by atoms with Crippen LogP contribution < -0.4 is 14.2 Å². The molecule has 0 aliphatic carbocycles. The Labute approximate surface area is 184 Å². The lowest BCUT2D eigenvalue weighted by Crippen LogP contribution is -2.41. The van der Waals surface area contributed by atoms with Crippen LogP contribution in [-0.2, 0) is 16.0 Å². The molecule has 1 atom stereocenters. The Kier molecular flexibility index (Phi) is 6.82. The van der Waals surface area contributed by atoms with Crippen molar-refractivity contribution < 1.29 is 33.5 Å². The zero-order valence-electron chi connectivity index (χ0n) is 18.2.